The molecule has 4 rings (SSSR count). The lowest BCUT2D eigenvalue weighted by molar-refractivity contribution is -0.133. The van der Waals surface area contributed by atoms with Crippen molar-refractivity contribution in [1.29, 1.82) is 0 Å². The van der Waals surface area contributed by atoms with Gasteiger partial charge in [0.15, 0.2) is 0 Å². The molecule has 2 atom stereocenters. The van der Waals surface area contributed by atoms with Gasteiger partial charge in [0, 0.05) is 13.1 Å². The fraction of sp³-hybridized carbons (Fsp3) is 0.407. The first-order valence-electron chi connectivity index (χ1n) is 11.7. The number of nitrogens with one attached hydrogen (secondary N) is 1. The van der Waals surface area contributed by atoms with Crippen LogP contribution in [0, 0.1) is 5.92 Å². The molecule has 0 radical (unpaired) electrons. The highest BCUT2D eigenvalue weighted by Crippen LogP contribution is 2.34. The number of fused-ring (bicyclic) bond motifs is 1. The van der Waals surface area contributed by atoms with E-state index in [-0.39, 0.29) is 17.7 Å². The Morgan fingerprint density at radius 3 is 2.45 bits per heavy atom. The number of benzene rings is 1. The van der Waals surface area contributed by atoms with Crippen molar-refractivity contribution in [3.8, 4) is 11.5 Å². The fourth-order valence-electron chi connectivity index (χ4n) is 4.52. The molecule has 33 heavy (non-hydrogen) atoms. The number of aromatic nitrogens is 1. The SMILES string of the molecule is CC(C)CCNC(=O)[C@]1(C)Cn2c(ccc2-c2ccco2)C(=O)N1C[C@H](C)c1ccccc1. The Bertz CT molecular complexity index is 1100. The second kappa shape index (κ2) is 9.30. The van der Waals surface area contributed by atoms with Crippen LogP contribution in [0.5, 0.6) is 0 Å². The summed E-state index contributed by atoms with van der Waals surface area (Å²) in [5.41, 5.74) is 1.50. The molecule has 1 aliphatic rings. The summed E-state index contributed by atoms with van der Waals surface area (Å²) < 4.78 is 7.53. The molecule has 3 aromatic rings. The largest absolute Gasteiger partial charge is 0.463 e. The summed E-state index contributed by atoms with van der Waals surface area (Å²) in [6.07, 6.45) is 2.51. The predicted molar refractivity (Wildman–Crippen MR) is 129 cm³/mol. The van der Waals surface area contributed by atoms with E-state index in [1.54, 1.807) is 11.2 Å². The van der Waals surface area contributed by atoms with Gasteiger partial charge < -0.3 is 19.2 Å². The van der Waals surface area contributed by atoms with Crippen LogP contribution < -0.4 is 5.32 Å². The molecule has 1 aliphatic heterocycles. The lowest BCUT2D eigenvalue weighted by atomic mass is 9.91. The van der Waals surface area contributed by atoms with Crippen molar-refractivity contribution in [1.82, 2.24) is 14.8 Å². The van der Waals surface area contributed by atoms with E-state index in [1.807, 2.05) is 54.0 Å². The molecule has 0 aliphatic carbocycles. The molecule has 6 nitrogen and oxygen atoms in total. The molecule has 1 N–H and O–H groups in total. The summed E-state index contributed by atoms with van der Waals surface area (Å²) in [4.78, 5) is 29.1. The highest BCUT2D eigenvalue weighted by molar-refractivity contribution is 6.00. The first kappa shape index (κ1) is 22.9. The Hall–Kier alpha value is -3.28. The summed E-state index contributed by atoms with van der Waals surface area (Å²) in [6, 6.07) is 17.5. The molecule has 174 valence electrons. The maximum atomic E-state index is 13.8. The zero-order valence-electron chi connectivity index (χ0n) is 19.9. The summed E-state index contributed by atoms with van der Waals surface area (Å²) in [5, 5.41) is 3.10. The molecule has 0 saturated carbocycles. The van der Waals surface area contributed by atoms with Gasteiger partial charge in [0.2, 0.25) is 5.91 Å². The van der Waals surface area contributed by atoms with Crippen molar-refractivity contribution in [2.75, 3.05) is 13.1 Å². The summed E-state index contributed by atoms with van der Waals surface area (Å²) in [6.45, 7) is 9.65. The number of rotatable bonds is 8. The van der Waals surface area contributed by atoms with E-state index >= 15 is 0 Å². The molecule has 0 saturated heterocycles. The second-order valence-electron chi connectivity index (χ2n) is 9.61. The van der Waals surface area contributed by atoms with Gasteiger partial charge in [-0.1, -0.05) is 51.1 Å². The van der Waals surface area contributed by atoms with Crippen molar-refractivity contribution in [2.24, 2.45) is 5.92 Å². The molecular weight excluding hydrogens is 414 g/mol. The van der Waals surface area contributed by atoms with E-state index < -0.39 is 5.54 Å². The second-order valence-corrected chi connectivity index (χ2v) is 9.61. The molecule has 0 fully saturated rings. The highest BCUT2D eigenvalue weighted by Gasteiger charge is 2.48. The van der Waals surface area contributed by atoms with E-state index in [9.17, 15) is 9.59 Å². The molecule has 6 heteroatoms. The monoisotopic (exact) mass is 447 g/mol. The Morgan fingerprint density at radius 2 is 1.79 bits per heavy atom. The normalized spacial score (nSPS) is 18.9. The zero-order valence-corrected chi connectivity index (χ0v) is 19.9. The lowest BCUT2D eigenvalue weighted by Crippen LogP contribution is -2.64. The highest BCUT2D eigenvalue weighted by atomic mass is 16.3. The summed E-state index contributed by atoms with van der Waals surface area (Å²) in [7, 11) is 0. The average Bonchev–Trinajstić information content (AvgIpc) is 3.46. The van der Waals surface area contributed by atoms with Crippen molar-refractivity contribution < 1.29 is 14.0 Å². The lowest BCUT2D eigenvalue weighted by Gasteiger charge is -2.45. The Labute approximate surface area is 195 Å². The molecule has 0 bridgehead atoms. The van der Waals surface area contributed by atoms with Crippen LogP contribution in [-0.2, 0) is 11.3 Å². The van der Waals surface area contributed by atoms with E-state index in [4.69, 9.17) is 4.42 Å². The van der Waals surface area contributed by atoms with Crippen molar-refractivity contribution >= 4 is 11.8 Å². The van der Waals surface area contributed by atoms with Crippen LogP contribution in [-0.4, -0.2) is 39.9 Å². The third kappa shape index (κ3) is 4.47. The van der Waals surface area contributed by atoms with Crippen molar-refractivity contribution in [3.05, 3.63) is 72.1 Å². The maximum Gasteiger partial charge on any atom is 0.271 e. The third-order valence-electron chi connectivity index (χ3n) is 6.60. The molecule has 2 aromatic heterocycles. The van der Waals surface area contributed by atoms with Crippen LogP contribution in [0.2, 0.25) is 0 Å². The number of amides is 2. The Kier molecular flexibility index (Phi) is 6.45. The van der Waals surface area contributed by atoms with Gasteiger partial charge in [-0.2, -0.15) is 0 Å². The van der Waals surface area contributed by atoms with E-state index in [0.29, 0.717) is 37.0 Å². The fourth-order valence-corrected chi connectivity index (χ4v) is 4.52. The predicted octanol–water partition coefficient (Wildman–Crippen LogP) is 4.93. The van der Waals surface area contributed by atoms with Gasteiger partial charge in [-0.3, -0.25) is 9.59 Å². The third-order valence-corrected chi connectivity index (χ3v) is 6.60. The number of carbonyl (C=O) groups is 2. The van der Waals surface area contributed by atoms with Crippen LogP contribution in [0.1, 0.15) is 56.1 Å². The minimum absolute atomic E-state index is 0.0870. The van der Waals surface area contributed by atoms with Crippen LogP contribution >= 0.6 is 0 Å². The van der Waals surface area contributed by atoms with E-state index in [0.717, 1.165) is 17.7 Å². The van der Waals surface area contributed by atoms with Crippen LogP contribution in [0.25, 0.3) is 11.5 Å². The number of carbonyl (C=O) groups excluding carboxylic acids is 2. The van der Waals surface area contributed by atoms with Gasteiger partial charge in [0.25, 0.3) is 5.91 Å². The number of hydrogen-bond acceptors (Lipinski definition) is 3. The zero-order chi connectivity index (χ0) is 23.6. The van der Waals surface area contributed by atoms with Crippen molar-refractivity contribution in [2.45, 2.75) is 52.1 Å². The minimum atomic E-state index is -1.02. The summed E-state index contributed by atoms with van der Waals surface area (Å²) in [5.74, 6) is 0.999. The van der Waals surface area contributed by atoms with Crippen LogP contribution in [0.4, 0.5) is 0 Å². The molecule has 3 heterocycles. The Morgan fingerprint density at radius 1 is 1.06 bits per heavy atom. The van der Waals surface area contributed by atoms with Gasteiger partial charge in [-0.05, 0) is 55.0 Å². The standard InChI is InChI=1S/C27H33N3O3/c1-19(2)14-15-28-26(32)27(4)18-29-22(24-11-8-16-33-24)12-13-23(29)25(31)30(27)17-20(3)21-9-6-5-7-10-21/h5-13,16,19-20H,14-15,17-18H2,1-4H3,(H,28,32)/t20-,27-/m0/s1. The summed E-state index contributed by atoms with van der Waals surface area (Å²) >= 11 is 0. The van der Waals surface area contributed by atoms with Crippen LogP contribution in [0.15, 0.2) is 65.3 Å². The van der Waals surface area contributed by atoms with Crippen molar-refractivity contribution in [3.63, 3.8) is 0 Å². The van der Waals surface area contributed by atoms with Gasteiger partial charge in [0.05, 0.1) is 18.5 Å². The number of nitrogens with zero attached hydrogens (tertiary/aromatic N) is 2. The maximum absolute atomic E-state index is 13.8. The molecule has 1 aromatic carbocycles. The quantitative estimate of drug-likeness (QED) is 0.532. The Balaban J connectivity index is 1.69. The van der Waals surface area contributed by atoms with Gasteiger partial charge >= 0.3 is 0 Å². The topological polar surface area (TPSA) is 67.5 Å². The average molecular weight is 448 g/mol. The van der Waals surface area contributed by atoms with Gasteiger partial charge in [0.1, 0.15) is 17.0 Å². The molecule has 2 amide bonds. The molecular formula is C27H33N3O3. The van der Waals surface area contributed by atoms with E-state index in [2.05, 4.69) is 38.2 Å². The molecule has 0 unspecified atom stereocenters. The van der Waals surface area contributed by atoms with E-state index in [1.165, 1.54) is 0 Å². The minimum Gasteiger partial charge on any atom is -0.463 e. The van der Waals surface area contributed by atoms with Crippen LogP contribution in [0.3, 0.4) is 0 Å². The smallest absolute Gasteiger partial charge is 0.271 e. The number of hydrogen-bond donors (Lipinski definition) is 1. The van der Waals surface area contributed by atoms with Gasteiger partial charge in [-0.25, -0.2) is 0 Å². The first-order valence-corrected chi connectivity index (χ1v) is 11.7. The molecule has 0 spiro atoms. The van der Waals surface area contributed by atoms with Gasteiger partial charge in [-0.15, -0.1) is 0 Å². The first-order chi connectivity index (χ1) is 15.8. The number of furan rings is 1.